The first-order valence-electron chi connectivity index (χ1n) is 12.3. The molecular weight excluding hydrogens is 344 g/mol. The van der Waals surface area contributed by atoms with Crippen molar-refractivity contribution in [1.29, 1.82) is 0 Å². The van der Waals surface area contributed by atoms with Gasteiger partial charge in [0.15, 0.2) is 0 Å². The van der Waals surface area contributed by atoms with Crippen molar-refractivity contribution < 1.29 is 9.84 Å². The van der Waals surface area contributed by atoms with Crippen LogP contribution in [0.5, 0.6) is 0 Å². The van der Waals surface area contributed by atoms with Crippen LogP contribution in [-0.2, 0) is 4.74 Å². The third kappa shape index (κ3) is 2.28. The van der Waals surface area contributed by atoms with E-state index in [2.05, 4.69) is 13.8 Å². The maximum Gasteiger partial charge on any atom is 0.0957 e. The second-order valence-corrected chi connectivity index (χ2v) is 12.8. The Kier molecular flexibility index (Phi) is 3.73. The molecule has 1 N–H and O–H groups in total. The van der Waals surface area contributed by atoms with Gasteiger partial charge >= 0.3 is 0 Å². The third-order valence-corrected chi connectivity index (χ3v) is 10.9. The fraction of sp³-hybridized carbons (Fsp3) is 0.923. The van der Waals surface area contributed by atoms with Crippen LogP contribution in [0.2, 0.25) is 0 Å². The van der Waals surface area contributed by atoms with Gasteiger partial charge in [-0.05, 0) is 98.7 Å². The van der Waals surface area contributed by atoms with E-state index >= 15 is 0 Å². The Hall–Kier alpha value is -0.340. The van der Waals surface area contributed by atoms with E-state index in [0.717, 1.165) is 17.8 Å². The zero-order valence-electron chi connectivity index (χ0n) is 18.1. The summed E-state index contributed by atoms with van der Waals surface area (Å²) in [5, 5.41) is 10.1. The van der Waals surface area contributed by atoms with E-state index < -0.39 is 0 Å². The van der Waals surface area contributed by atoms with Gasteiger partial charge in [-0.25, -0.2) is 0 Å². The number of allylic oxidation sites excluding steroid dienone is 1. The molecule has 156 valence electrons. The van der Waals surface area contributed by atoms with Gasteiger partial charge in [0, 0.05) is 12.0 Å². The van der Waals surface area contributed by atoms with Crippen LogP contribution in [0.4, 0.5) is 0 Å². The molecule has 28 heavy (non-hydrogen) atoms. The molecule has 5 aliphatic carbocycles. The molecule has 2 heteroatoms. The molecular formula is C26H40O2. The van der Waals surface area contributed by atoms with Crippen LogP contribution >= 0.6 is 0 Å². The summed E-state index contributed by atoms with van der Waals surface area (Å²) in [4.78, 5) is 0. The molecule has 2 nitrogen and oxygen atoms in total. The zero-order valence-corrected chi connectivity index (χ0v) is 18.1. The molecule has 0 aromatic rings. The molecule has 6 rings (SSSR count). The lowest BCUT2D eigenvalue weighted by molar-refractivity contribution is -0.0569. The molecule has 8 atom stereocenters. The molecule has 3 spiro atoms. The molecule has 6 aliphatic rings. The van der Waals surface area contributed by atoms with E-state index in [0.29, 0.717) is 34.9 Å². The molecule has 1 saturated heterocycles. The Balaban J connectivity index is 1.37. The first-order chi connectivity index (χ1) is 13.3. The van der Waals surface area contributed by atoms with Crippen molar-refractivity contribution in [3.63, 3.8) is 0 Å². The predicted octanol–water partition coefficient (Wildman–Crippen LogP) is 5.89. The first-order valence-corrected chi connectivity index (χ1v) is 12.3. The summed E-state index contributed by atoms with van der Waals surface area (Å²) in [6.45, 7) is 10.2. The highest BCUT2D eigenvalue weighted by Crippen LogP contribution is 2.73. The summed E-state index contributed by atoms with van der Waals surface area (Å²) in [7, 11) is 0. The van der Waals surface area contributed by atoms with Crippen molar-refractivity contribution in [2.24, 2.45) is 39.9 Å². The topological polar surface area (TPSA) is 32.8 Å². The number of ether oxygens (including phenoxy) is 1. The average molecular weight is 385 g/mol. The highest BCUT2D eigenvalue weighted by molar-refractivity contribution is 5.26. The number of aliphatic hydroxyl groups excluding tert-OH is 1. The largest absolute Gasteiger partial charge is 0.396 e. The van der Waals surface area contributed by atoms with Gasteiger partial charge < -0.3 is 9.84 Å². The lowest BCUT2D eigenvalue weighted by Gasteiger charge is -2.57. The second-order valence-electron chi connectivity index (χ2n) is 12.8. The summed E-state index contributed by atoms with van der Waals surface area (Å²) in [6, 6.07) is 0. The summed E-state index contributed by atoms with van der Waals surface area (Å²) >= 11 is 0. The van der Waals surface area contributed by atoms with E-state index in [1.807, 2.05) is 0 Å². The Morgan fingerprint density at radius 2 is 1.82 bits per heavy atom. The van der Waals surface area contributed by atoms with E-state index in [9.17, 15) is 5.11 Å². The van der Waals surface area contributed by atoms with E-state index in [1.54, 1.807) is 5.57 Å². The van der Waals surface area contributed by atoms with E-state index in [1.165, 1.54) is 77.0 Å². The van der Waals surface area contributed by atoms with Crippen molar-refractivity contribution >= 4 is 0 Å². The Bertz CT molecular complexity index is 697. The van der Waals surface area contributed by atoms with Gasteiger partial charge in [0.2, 0.25) is 0 Å². The van der Waals surface area contributed by atoms with Crippen molar-refractivity contribution in [3.05, 3.63) is 12.2 Å². The van der Waals surface area contributed by atoms with Crippen molar-refractivity contribution in [2.45, 2.75) is 103 Å². The second kappa shape index (κ2) is 5.67. The normalized spacial score (nSPS) is 56.5. The molecule has 0 unspecified atom stereocenters. The van der Waals surface area contributed by atoms with Gasteiger partial charge in [-0.3, -0.25) is 0 Å². The van der Waals surface area contributed by atoms with E-state index in [-0.39, 0.29) is 5.60 Å². The zero-order chi connectivity index (χ0) is 19.4. The third-order valence-electron chi connectivity index (χ3n) is 10.9. The van der Waals surface area contributed by atoms with Gasteiger partial charge in [-0.2, -0.15) is 0 Å². The minimum atomic E-state index is 0.211. The molecule has 0 aromatic heterocycles. The average Bonchev–Trinajstić information content (AvgIpc) is 3.01. The highest BCUT2D eigenvalue weighted by atomic mass is 16.6. The van der Waals surface area contributed by atoms with Crippen LogP contribution < -0.4 is 0 Å². The number of hydrogen-bond acceptors (Lipinski definition) is 2. The van der Waals surface area contributed by atoms with Crippen LogP contribution in [0.3, 0.4) is 0 Å². The van der Waals surface area contributed by atoms with Crippen LogP contribution in [-0.4, -0.2) is 23.4 Å². The van der Waals surface area contributed by atoms with Gasteiger partial charge in [0.1, 0.15) is 0 Å². The SMILES string of the molecule is C=C1C[C@]2(CC[C@]3(CCC[C@H]3CO)C2)[C@@H]2O[C@@]23CCC[C@@H](C3)[C@@H]2[C@@H]1CC2(C)C. The smallest absolute Gasteiger partial charge is 0.0957 e. The fourth-order valence-electron chi connectivity index (χ4n) is 9.91. The minimum absolute atomic E-state index is 0.211. The lowest BCUT2D eigenvalue weighted by atomic mass is 9.48. The minimum Gasteiger partial charge on any atom is -0.396 e. The van der Waals surface area contributed by atoms with Gasteiger partial charge in [-0.1, -0.05) is 38.8 Å². The van der Waals surface area contributed by atoms with Crippen molar-refractivity contribution in [2.75, 3.05) is 6.61 Å². The Morgan fingerprint density at radius 1 is 1.04 bits per heavy atom. The maximum atomic E-state index is 10.1. The number of hydrogen-bond donors (Lipinski definition) is 1. The number of epoxide rings is 1. The monoisotopic (exact) mass is 384 g/mol. The van der Waals surface area contributed by atoms with Crippen LogP contribution in [0.15, 0.2) is 12.2 Å². The van der Waals surface area contributed by atoms with Gasteiger partial charge in [0.05, 0.1) is 11.7 Å². The molecule has 5 saturated carbocycles. The van der Waals surface area contributed by atoms with Crippen LogP contribution in [0, 0.1) is 39.9 Å². The van der Waals surface area contributed by atoms with Crippen LogP contribution in [0.25, 0.3) is 0 Å². The van der Waals surface area contributed by atoms with Crippen LogP contribution in [0.1, 0.15) is 90.9 Å². The summed E-state index contributed by atoms with van der Waals surface area (Å²) in [5.74, 6) is 2.99. The Morgan fingerprint density at radius 3 is 2.61 bits per heavy atom. The molecule has 0 amide bonds. The van der Waals surface area contributed by atoms with E-state index in [4.69, 9.17) is 11.3 Å². The molecule has 6 fully saturated rings. The van der Waals surface area contributed by atoms with Gasteiger partial charge in [0.25, 0.3) is 0 Å². The summed E-state index contributed by atoms with van der Waals surface area (Å²) in [5.41, 5.74) is 3.00. The first kappa shape index (κ1) is 18.4. The molecule has 0 aromatic carbocycles. The molecule has 0 radical (unpaired) electrons. The quantitative estimate of drug-likeness (QED) is 0.452. The van der Waals surface area contributed by atoms with Crippen molar-refractivity contribution in [3.8, 4) is 0 Å². The fourth-order valence-corrected chi connectivity index (χ4v) is 9.91. The standard InChI is InChI=1S/C26H40O2/c1-17-12-25(11-10-24(16-25)8-5-7-19(24)15-27)22-26(28-22)9-4-6-18(13-26)21-20(17)14-23(21,2)3/h18-22,27H,1,4-16H2,2-3H3/t18-,19-,20+,21+,22-,24+,25-,26+/m0/s1. The van der Waals surface area contributed by atoms with Gasteiger partial charge in [-0.15, -0.1) is 0 Å². The molecule has 1 aliphatic heterocycles. The maximum absolute atomic E-state index is 10.1. The number of fused-ring (bicyclic) bond motifs is 4. The highest BCUT2D eigenvalue weighted by Gasteiger charge is 2.71. The van der Waals surface area contributed by atoms with Crippen molar-refractivity contribution in [1.82, 2.24) is 0 Å². The predicted molar refractivity (Wildman–Crippen MR) is 112 cm³/mol. The summed E-state index contributed by atoms with van der Waals surface area (Å²) < 4.78 is 6.78. The molecule has 1 heterocycles. The number of aliphatic hydroxyl groups is 1. The molecule has 2 bridgehead atoms. The lowest BCUT2D eigenvalue weighted by Crippen LogP contribution is -2.50. The number of rotatable bonds is 1. The summed E-state index contributed by atoms with van der Waals surface area (Å²) in [6.07, 6.45) is 16.3. The Labute approximate surface area is 171 Å².